The largest absolute Gasteiger partial charge is 0.384 e. The molecule has 1 heterocycles. The maximum atomic E-state index is 7.71. The molecule has 1 aliphatic rings. The van der Waals surface area contributed by atoms with Gasteiger partial charge in [-0.25, -0.2) is 0 Å². The molecule has 0 saturated carbocycles. The lowest BCUT2D eigenvalue weighted by Crippen LogP contribution is -2.34. The van der Waals surface area contributed by atoms with Gasteiger partial charge in [-0.05, 0) is 38.3 Å². The van der Waals surface area contributed by atoms with Gasteiger partial charge in [-0.3, -0.25) is 5.41 Å². The molecule has 2 rings (SSSR count). The highest BCUT2D eigenvalue weighted by Crippen LogP contribution is 2.22. The van der Waals surface area contributed by atoms with E-state index in [1.165, 1.54) is 12.8 Å². The lowest BCUT2D eigenvalue weighted by Gasteiger charge is -2.29. The highest BCUT2D eigenvalue weighted by atomic mass is 16.5. The second kappa shape index (κ2) is 6.06. The number of nitrogen functional groups attached to an aromatic ring is 1. The summed E-state index contributed by atoms with van der Waals surface area (Å²) in [5.74, 6) is 0.120. The molecule has 1 aromatic rings. The molecule has 4 heteroatoms. The van der Waals surface area contributed by atoms with E-state index >= 15 is 0 Å². The summed E-state index contributed by atoms with van der Waals surface area (Å²) < 4.78 is 5.77. The molecule has 0 bridgehead atoms. The first-order valence-corrected chi connectivity index (χ1v) is 6.85. The second-order valence-electron chi connectivity index (χ2n) is 5.30. The SMILES string of the molecule is Cc1ccc(N(C)CC2CCCCO2)c(C(=N)N)c1. The molecule has 1 aromatic carbocycles. The molecular formula is C15H23N3O. The number of hydrogen-bond acceptors (Lipinski definition) is 3. The normalized spacial score (nSPS) is 19.2. The van der Waals surface area contributed by atoms with Crippen molar-refractivity contribution in [2.45, 2.75) is 32.3 Å². The minimum Gasteiger partial charge on any atom is -0.384 e. The molecule has 0 aliphatic carbocycles. The number of likely N-dealkylation sites (N-methyl/N-ethyl adjacent to an activating group) is 1. The topological polar surface area (TPSA) is 62.3 Å². The third-order valence-corrected chi connectivity index (χ3v) is 3.60. The average Bonchev–Trinajstić information content (AvgIpc) is 2.39. The van der Waals surface area contributed by atoms with Crippen LogP contribution in [-0.4, -0.2) is 32.1 Å². The van der Waals surface area contributed by atoms with Gasteiger partial charge in [0.2, 0.25) is 0 Å². The molecule has 1 aliphatic heterocycles. The smallest absolute Gasteiger partial charge is 0.124 e. The third-order valence-electron chi connectivity index (χ3n) is 3.60. The molecule has 1 unspecified atom stereocenters. The monoisotopic (exact) mass is 261 g/mol. The maximum Gasteiger partial charge on any atom is 0.124 e. The van der Waals surface area contributed by atoms with E-state index in [4.69, 9.17) is 15.9 Å². The highest BCUT2D eigenvalue weighted by molar-refractivity contribution is 6.00. The first-order chi connectivity index (χ1) is 9.08. The number of nitrogens with one attached hydrogen (secondary N) is 1. The molecule has 0 aromatic heterocycles. The second-order valence-corrected chi connectivity index (χ2v) is 5.30. The van der Waals surface area contributed by atoms with Crippen molar-refractivity contribution >= 4 is 11.5 Å². The van der Waals surface area contributed by atoms with Crippen molar-refractivity contribution < 1.29 is 4.74 Å². The van der Waals surface area contributed by atoms with Crippen LogP contribution in [0.15, 0.2) is 18.2 Å². The van der Waals surface area contributed by atoms with E-state index in [-0.39, 0.29) is 5.84 Å². The quantitative estimate of drug-likeness (QED) is 0.645. The number of rotatable bonds is 4. The van der Waals surface area contributed by atoms with Gasteiger partial charge < -0.3 is 15.4 Å². The first kappa shape index (κ1) is 13.9. The lowest BCUT2D eigenvalue weighted by molar-refractivity contribution is 0.0216. The van der Waals surface area contributed by atoms with Crippen molar-refractivity contribution in [1.29, 1.82) is 5.41 Å². The van der Waals surface area contributed by atoms with Crippen molar-refractivity contribution in [1.82, 2.24) is 0 Å². The Kier molecular flexibility index (Phi) is 4.43. The summed E-state index contributed by atoms with van der Waals surface area (Å²) in [6.07, 6.45) is 3.82. The number of nitrogens with zero attached hydrogens (tertiary/aromatic N) is 1. The molecule has 4 nitrogen and oxygen atoms in total. The van der Waals surface area contributed by atoms with Gasteiger partial charge in [0.1, 0.15) is 5.84 Å². The summed E-state index contributed by atoms with van der Waals surface area (Å²) in [5.41, 5.74) is 8.61. The van der Waals surface area contributed by atoms with Gasteiger partial charge in [-0.2, -0.15) is 0 Å². The molecule has 104 valence electrons. The van der Waals surface area contributed by atoms with Crippen LogP contribution in [0.4, 0.5) is 5.69 Å². The van der Waals surface area contributed by atoms with E-state index in [1.807, 2.05) is 26.1 Å². The van der Waals surface area contributed by atoms with E-state index in [0.29, 0.717) is 6.10 Å². The van der Waals surface area contributed by atoms with E-state index in [0.717, 1.165) is 36.4 Å². The summed E-state index contributed by atoms with van der Waals surface area (Å²) in [6.45, 7) is 3.73. The van der Waals surface area contributed by atoms with Crippen LogP contribution < -0.4 is 10.6 Å². The Balaban J connectivity index is 2.13. The molecular weight excluding hydrogens is 238 g/mol. The van der Waals surface area contributed by atoms with Gasteiger partial charge >= 0.3 is 0 Å². The minimum atomic E-state index is 0.120. The minimum absolute atomic E-state index is 0.120. The number of ether oxygens (including phenoxy) is 1. The Labute approximate surface area is 115 Å². The van der Waals surface area contributed by atoms with Gasteiger partial charge in [0, 0.05) is 31.5 Å². The van der Waals surface area contributed by atoms with Crippen LogP contribution in [0, 0.1) is 12.3 Å². The number of benzene rings is 1. The van der Waals surface area contributed by atoms with E-state index in [2.05, 4.69) is 11.0 Å². The van der Waals surface area contributed by atoms with Crippen LogP contribution in [0.5, 0.6) is 0 Å². The Hall–Kier alpha value is -1.55. The van der Waals surface area contributed by atoms with Crippen LogP contribution >= 0.6 is 0 Å². The summed E-state index contributed by atoms with van der Waals surface area (Å²) >= 11 is 0. The van der Waals surface area contributed by atoms with Gasteiger partial charge in [-0.1, -0.05) is 11.6 Å². The zero-order chi connectivity index (χ0) is 13.8. The summed E-state index contributed by atoms with van der Waals surface area (Å²) in [4.78, 5) is 2.14. The van der Waals surface area contributed by atoms with Crippen LogP contribution in [0.25, 0.3) is 0 Å². The predicted molar refractivity (Wildman–Crippen MR) is 79.1 cm³/mol. The zero-order valence-corrected chi connectivity index (χ0v) is 11.8. The average molecular weight is 261 g/mol. The fourth-order valence-corrected chi connectivity index (χ4v) is 2.55. The Bertz CT molecular complexity index is 453. The molecule has 0 spiro atoms. The van der Waals surface area contributed by atoms with Crippen molar-refractivity contribution in [2.24, 2.45) is 5.73 Å². The van der Waals surface area contributed by atoms with Gasteiger partial charge in [0.25, 0.3) is 0 Å². The number of nitrogens with two attached hydrogens (primary N) is 1. The van der Waals surface area contributed by atoms with Crippen molar-refractivity contribution in [3.05, 3.63) is 29.3 Å². The first-order valence-electron chi connectivity index (χ1n) is 6.85. The van der Waals surface area contributed by atoms with E-state index < -0.39 is 0 Å². The van der Waals surface area contributed by atoms with E-state index in [9.17, 15) is 0 Å². The molecule has 1 saturated heterocycles. The number of anilines is 1. The fraction of sp³-hybridized carbons (Fsp3) is 0.533. The Morgan fingerprint density at radius 3 is 2.89 bits per heavy atom. The summed E-state index contributed by atoms with van der Waals surface area (Å²) in [7, 11) is 2.04. The third kappa shape index (κ3) is 3.47. The molecule has 1 fully saturated rings. The van der Waals surface area contributed by atoms with Crippen LogP contribution in [0.1, 0.15) is 30.4 Å². The van der Waals surface area contributed by atoms with Gasteiger partial charge in [0.05, 0.1) is 6.10 Å². The Morgan fingerprint density at radius 2 is 2.26 bits per heavy atom. The molecule has 0 amide bonds. The van der Waals surface area contributed by atoms with Crippen molar-refractivity contribution in [3.63, 3.8) is 0 Å². The zero-order valence-electron chi connectivity index (χ0n) is 11.8. The number of aryl methyl sites for hydroxylation is 1. The van der Waals surface area contributed by atoms with Crippen LogP contribution in [0.3, 0.4) is 0 Å². The van der Waals surface area contributed by atoms with Crippen LogP contribution in [0.2, 0.25) is 0 Å². The Morgan fingerprint density at radius 1 is 1.47 bits per heavy atom. The van der Waals surface area contributed by atoms with Crippen molar-refractivity contribution in [2.75, 3.05) is 25.1 Å². The summed E-state index contributed by atoms with van der Waals surface area (Å²) in [5, 5.41) is 7.71. The van der Waals surface area contributed by atoms with Crippen LogP contribution in [-0.2, 0) is 4.74 Å². The number of hydrogen-bond donors (Lipinski definition) is 2. The maximum absolute atomic E-state index is 7.71. The van der Waals surface area contributed by atoms with E-state index in [1.54, 1.807) is 0 Å². The summed E-state index contributed by atoms with van der Waals surface area (Å²) in [6, 6.07) is 6.06. The molecule has 19 heavy (non-hydrogen) atoms. The standard InChI is InChI=1S/C15H23N3O/c1-11-6-7-14(13(9-11)15(16)17)18(2)10-12-5-3-4-8-19-12/h6-7,9,12H,3-5,8,10H2,1-2H3,(H3,16,17). The molecule has 0 radical (unpaired) electrons. The highest BCUT2D eigenvalue weighted by Gasteiger charge is 2.18. The molecule has 3 N–H and O–H groups in total. The van der Waals surface area contributed by atoms with Crippen molar-refractivity contribution in [3.8, 4) is 0 Å². The van der Waals surface area contributed by atoms with Gasteiger partial charge in [-0.15, -0.1) is 0 Å². The number of amidine groups is 1. The van der Waals surface area contributed by atoms with Gasteiger partial charge in [0.15, 0.2) is 0 Å². The molecule has 1 atom stereocenters. The predicted octanol–water partition coefficient (Wildman–Crippen LogP) is 2.28. The fourth-order valence-electron chi connectivity index (χ4n) is 2.55. The lowest BCUT2D eigenvalue weighted by atomic mass is 10.1.